The molecule has 11 heteroatoms. The number of nitriles is 1. The molecule has 1 heterocycles. The lowest BCUT2D eigenvalue weighted by atomic mass is 10.0. The van der Waals surface area contributed by atoms with Gasteiger partial charge in [0.25, 0.3) is 5.69 Å². The fourth-order valence-corrected chi connectivity index (χ4v) is 5.19. The predicted molar refractivity (Wildman–Crippen MR) is 143 cm³/mol. The highest BCUT2D eigenvalue weighted by Crippen LogP contribution is 2.39. The van der Waals surface area contributed by atoms with E-state index in [2.05, 4.69) is 0 Å². The first kappa shape index (κ1) is 28.8. The average Bonchev–Trinajstić information content (AvgIpc) is 2.88. The number of hydrogen-bond acceptors (Lipinski definition) is 7. The highest BCUT2D eigenvalue weighted by molar-refractivity contribution is 7.99. The molecule has 0 aliphatic carbocycles. The molecule has 0 N–H and O–H groups in total. The summed E-state index contributed by atoms with van der Waals surface area (Å²) in [6.45, 7) is 6.73. The van der Waals surface area contributed by atoms with Gasteiger partial charge in [0.15, 0.2) is 0 Å². The van der Waals surface area contributed by atoms with E-state index in [1.54, 1.807) is 4.90 Å². The molecule has 0 amide bonds. The zero-order valence-corrected chi connectivity index (χ0v) is 21.9. The number of thioether (sulfide) groups is 1. The first-order valence-electron chi connectivity index (χ1n) is 12.0. The summed E-state index contributed by atoms with van der Waals surface area (Å²) in [5.41, 5.74) is -1.11. The van der Waals surface area contributed by atoms with Gasteiger partial charge in [-0.2, -0.15) is 18.4 Å². The summed E-state index contributed by atoms with van der Waals surface area (Å²) >= 11 is 1.32. The van der Waals surface area contributed by atoms with Crippen LogP contribution in [0.25, 0.3) is 22.6 Å². The first-order chi connectivity index (χ1) is 18.0. The van der Waals surface area contributed by atoms with Gasteiger partial charge in [-0.3, -0.25) is 10.1 Å². The Kier molecular flexibility index (Phi) is 9.22. The van der Waals surface area contributed by atoms with Crippen LogP contribution in [-0.2, 0) is 6.18 Å². The summed E-state index contributed by atoms with van der Waals surface area (Å²) in [5, 5.41) is 22.1. The van der Waals surface area contributed by atoms with Crippen LogP contribution in [0.15, 0.2) is 50.5 Å². The average molecular weight is 546 g/mol. The number of nitro groups is 1. The zero-order valence-electron chi connectivity index (χ0n) is 21.1. The number of anilines is 1. The van der Waals surface area contributed by atoms with Crippen LogP contribution in [0.1, 0.15) is 50.3 Å². The lowest BCUT2D eigenvalue weighted by Gasteiger charge is -2.21. The molecule has 0 saturated heterocycles. The number of fused-ring (bicyclic) bond motifs is 1. The van der Waals surface area contributed by atoms with Crippen LogP contribution in [0.2, 0.25) is 0 Å². The molecule has 38 heavy (non-hydrogen) atoms. The van der Waals surface area contributed by atoms with Gasteiger partial charge in [0, 0.05) is 35.5 Å². The molecule has 0 aliphatic rings. The standard InChI is InChI=1S/C27H26F3N3O4S/c1-4-7-12-38-25-20-14-23(33(35)36)22(32(5-2)6-3)15-24(20)37-26(34)21(25)13-18(16-31)17-8-10-19(11-9-17)27(28,29)30/h8-11,13-15H,4-7,12H2,1-3H3. The zero-order chi connectivity index (χ0) is 28.0. The normalized spacial score (nSPS) is 12.0. The second-order valence-electron chi connectivity index (χ2n) is 8.35. The number of unbranched alkanes of at least 4 members (excludes halogenated alkanes) is 1. The summed E-state index contributed by atoms with van der Waals surface area (Å²) < 4.78 is 44.5. The minimum Gasteiger partial charge on any atom is -0.422 e. The Balaban J connectivity index is 2.29. The molecule has 200 valence electrons. The Morgan fingerprint density at radius 1 is 1.18 bits per heavy atom. The van der Waals surface area contributed by atoms with E-state index in [-0.39, 0.29) is 28.0 Å². The summed E-state index contributed by atoms with van der Waals surface area (Å²) in [6, 6.07) is 8.84. The van der Waals surface area contributed by atoms with Crippen LogP contribution in [0.4, 0.5) is 24.5 Å². The smallest absolute Gasteiger partial charge is 0.416 e. The Hall–Kier alpha value is -3.78. The Morgan fingerprint density at radius 2 is 1.84 bits per heavy atom. The summed E-state index contributed by atoms with van der Waals surface area (Å²) in [5.74, 6) is 0.601. The molecular formula is C27H26F3N3O4S. The van der Waals surface area contributed by atoms with Gasteiger partial charge in [-0.25, -0.2) is 4.79 Å². The van der Waals surface area contributed by atoms with Gasteiger partial charge in [-0.05, 0) is 49.8 Å². The van der Waals surface area contributed by atoms with E-state index in [1.165, 1.54) is 30.0 Å². The first-order valence-corrected chi connectivity index (χ1v) is 13.0. The molecule has 0 unspecified atom stereocenters. The lowest BCUT2D eigenvalue weighted by Crippen LogP contribution is -2.23. The molecule has 2 aromatic carbocycles. The third-order valence-electron chi connectivity index (χ3n) is 5.97. The van der Waals surface area contributed by atoms with E-state index in [0.29, 0.717) is 34.8 Å². The number of alkyl halides is 3. The Labute approximate surface area is 221 Å². The lowest BCUT2D eigenvalue weighted by molar-refractivity contribution is -0.384. The van der Waals surface area contributed by atoms with Gasteiger partial charge in [0.2, 0.25) is 0 Å². The molecule has 0 radical (unpaired) electrons. The monoisotopic (exact) mass is 545 g/mol. The quantitative estimate of drug-likeness (QED) is 0.0648. The van der Waals surface area contributed by atoms with E-state index < -0.39 is 22.3 Å². The number of allylic oxidation sites excluding steroid dienone is 1. The number of hydrogen-bond donors (Lipinski definition) is 0. The van der Waals surface area contributed by atoms with E-state index in [4.69, 9.17) is 4.42 Å². The molecule has 0 atom stereocenters. The largest absolute Gasteiger partial charge is 0.422 e. The highest BCUT2D eigenvalue weighted by Gasteiger charge is 2.30. The maximum atomic E-state index is 13.2. The van der Waals surface area contributed by atoms with Crippen molar-refractivity contribution in [1.29, 1.82) is 5.26 Å². The Morgan fingerprint density at radius 3 is 2.37 bits per heavy atom. The number of nitrogens with zero attached hydrogens (tertiary/aromatic N) is 3. The third kappa shape index (κ3) is 6.19. The van der Waals surface area contributed by atoms with Gasteiger partial charge in [0.05, 0.1) is 27.7 Å². The van der Waals surface area contributed by atoms with Crippen LogP contribution < -0.4 is 10.5 Å². The van der Waals surface area contributed by atoms with Gasteiger partial charge >= 0.3 is 11.8 Å². The minimum atomic E-state index is -4.53. The highest BCUT2D eigenvalue weighted by atomic mass is 32.2. The van der Waals surface area contributed by atoms with Gasteiger partial charge < -0.3 is 9.32 Å². The maximum absolute atomic E-state index is 13.2. The molecule has 0 bridgehead atoms. The van der Waals surface area contributed by atoms with Crippen LogP contribution >= 0.6 is 11.8 Å². The van der Waals surface area contributed by atoms with Crippen LogP contribution in [0.3, 0.4) is 0 Å². The molecule has 3 rings (SSSR count). The number of rotatable bonds is 10. The van der Waals surface area contributed by atoms with E-state index in [0.717, 1.165) is 37.1 Å². The summed E-state index contributed by atoms with van der Waals surface area (Å²) in [7, 11) is 0. The molecule has 0 aliphatic heterocycles. The van der Waals surface area contributed by atoms with E-state index in [9.17, 15) is 33.3 Å². The second kappa shape index (κ2) is 12.2. The number of halogens is 3. The number of benzene rings is 2. The van der Waals surface area contributed by atoms with E-state index in [1.807, 2.05) is 26.8 Å². The SMILES string of the molecule is CCCCSc1c(C=C(C#N)c2ccc(C(F)(F)F)cc2)c(=O)oc2cc(N(CC)CC)c([N+](=O)[O-])cc12. The van der Waals surface area contributed by atoms with Crippen molar-refractivity contribution in [3.05, 3.63) is 73.6 Å². The second-order valence-corrected chi connectivity index (χ2v) is 9.45. The van der Waals surface area contributed by atoms with Gasteiger partial charge in [0.1, 0.15) is 11.3 Å². The van der Waals surface area contributed by atoms with Crippen molar-refractivity contribution < 1.29 is 22.5 Å². The van der Waals surface area contributed by atoms with Crippen molar-refractivity contribution in [2.45, 2.75) is 44.7 Å². The van der Waals surface area contributed by atoms with Gasteiger partial charge in [-0.1, -0.05) is 25.5 Å². The third-order valence-corrected chi connectivity index (χ3v) is 7.19. The van der Waals surface area contributed by atoms with Crippen molar-refractivity contribution in [2.75, 3.05) is 23.7 Å². The van der Waals surface area contributed by atoms with Crippen molar-refractivity contribution in [3.8, 4) is 6.07 Å². The molecule has 7 nitrogen and oxygen atoms in total. The molecule has 3 aromatic rings. The topological polar surface area (TPSA) is 100 Å². The van der Waals surface area contributed by atoms with Crippen LogP contribution in [-0.4, -0.2) is 23.8 Å². The fourth-order valence-electron chi connectivity index (χ4n) is 3.94. The van der Waals surface area contributed by atoms with Gasteiger partial charge in [-0.15, -0.1) is 11.8 Å². The summed E-state index contributed by atoms with van der Waals surface area (Å²) in [4.78, 5) is 26.9. The van der Waals surface area contributed by atoms with Crippen molar-refractivity contribution in [1.82, 2.24) is 0 Å². The van der Waals surface area contributed by atoms with E-state index >= 15 is 0 Å². The molecule has 1 aromatic heterocycles. The van der Waals surface area contributed by atoms with Crippen molar-refractivity contribution >= 4 is 45.8 Å². The predicted octanol–water partition coefficient (Wildman–Crippen LogP) is 7.52. The van der Waals surface area contributed by atoms with Crippen molar-refractivity contribution in [2.24, 2.45) is 0 Å². The molecular weight excluding hydrogens is 519 g/mol. The van der Waals surface area contributed by atoms with Crippen LogP contribution in [0.5, 0.6) is 0 Å². The minimum absolute atomic E-state index is 0.0138. The molecule has 0 saturated carbocycles. The number of nitro benzene ring substituents is 1. The maximum Gasteiger partial charge on any atom is 0.416 e. The van der Waals surface area contributed by atoms with Crippen LogP contribution in [0, 0.1) is 21.4 Å². The Bertz CT molecular complexity index is 1450. The molecule has 0 spiro atoms. The van der Waals surface area contributed by atoms with Crippen molar-refractivity contribution in [3.63, 3.8) is 0 Å². The fraction of sp³-hybridized carbons (Fsp3) is 0.333. The summed E-state index contributed by atoms with van der Waals surface area (Å²) in [6.07, 6.45) is -1.58. The molecule has 0 fully saturated rings.